The monoisotopic (exact) mass is 323 g/mol. The molecule has 2 saturated heterocycles. The van der Waals surface area contributed by atoms with E-state index in [0.29, 0.717) is 13.0 Å². The molecule has 0 saturated carbocycles. The van der Waals surface area contributed by atoms with Crippen molar-refractivity contribution >= 4 is 17.2 Å². The van der Waals surface area contributed by atoms with E-state index in [1.807, 2.05) is 22.4 Å². The fourth-order valence-corrected chi connectivity index (χ4v) is 4.25. The zero-order valence-corrected chi connectivity index (χ0v) is 13.8. The third-order valence-corrected chi connectivity index (χ3v) is 5.71. The van der Waals surface area contributed by atoms with Crippen molar-refractivity contribution < 1.29 is 14.6 Å². The molecule has 5 heteroatoms. The van der Waals surface area contributed by atoms with Crippen molar-refractivity contribution in [1.82, 2.24) is 4.90 Å². The summed E-state index contributed by atoms with van der Waals surface area (Å²) in [6.07, 6.45) is 6.09. The van der Waals surface area contributed by atoms with E-state index in [1.165, 1.54) is 6.42 Å². The first kappa shape index (κ1) is 16.0. The van der Waals surface area contributed by atoms with Crippen molar-refractivity contribution in [3.8, 4) is 0 Å². The number of carbonyl (C=O) groups excluding carboxylic acids is 1. The van der Waals surface area contributed by atoms with Gasteiger partial charge >= 0.3 is 0 Å². The Morgan fingerprint density at radius 2 is 2.27 bits per heavy atom. The maximum Gasteiger partial charge on any atom is 0.251 e. The molecule has 3 heterocycles. The van der Waals surface area contributed by atoms with Crippen molar-refractivity contribution in [2.45, 2.75) is 63.2 Å². The molecule has 3 rings (SSSR count). The van der Waals surface area contributed by atoms with Gasteiger partial charge in [0.15, 0.2) is 0 Å². The van der Waals surface area contributed by atoms with Crippen LogP contribution in [-0.2, 0) is 9.53 Å². The maximum atomic E-state index is 12.8. The first-order chi connectivity index (χ1) is 10.8. The number of likely N-dealkylation sites (tertiary alicyclic amines) is 1. The zero-order valence-electron chi connectivity index (χ0n) is 12.9. The van der Waals surface area contributed by atoms with Gasteiger partial charge < -0.3 is 14.7 Å². The highest BCUT2D eigenvalue weighted by molar-refractivity contribution is 7.10. The van der Waals surface area contributed by atoms with E-state index in [1.54, 1.807) is 11.3 Å². The molecular weight excluding hydrogens is 298 g/mol. The largest absolute Gasteiger partial charge is 0.387 e. The third-order valence-electron chi connectivity index (χ3n) is 4.73. The molecule has 3 atom stereocenters. The lowest BCUT2D eigenvalue weighted by Gasteiger charge is -2.33. The molecule has 0 bridgehead atoms. The normalized spacial score (nSPS) is 27.6. The van der Waals surface area contributed by atoms with Gasteiger partial charge in [0.1, 0.15) is 6.10 Å². The highest BCUT2D eigenvalue weighted by Crippen LogP contribution is 2.30. The van der Waals surface area contributed by atoms with E-state index in [2.05, 4.69) is 0 Å². The van der Waals surface area contributed by atoms with Crippen LogP contribution in [0.4, 0.5) is 0 Å². The molecule has 0 aliphatic carbocycles. The van der Waals surface area contributed by atoms with E-state index < -0.39 is 6.10 Å². The second-order valence-corrected chi connectivity index (χ2v) is 7.28. The second kappa shape index (κ2) is 7.57. The SMILES string of the molecule is O=C([C@@H]1CCCO1)N1CCCCC[C@H]1C[C@@H](O)c1cccs1. The van der Waals surface area contributed by atoms with Crippen LogP contribution < -0.4 is 0 Å². The molecule has 0 spiro atoms. The molecule has 122 valence electrons. The molecule has 2 fully saturated rings. The number of hydrogen-bond acceptors (Lipinski definition) is 4. The molecule has 1 N–H and O–H groups in total. The second-order valence-electron chi connectivity index (χ2n) is 6.30. The van der Waals surface area contributed by atoms with Gasteiger partial charge in [-0.25, -0.2) is 0 Å². The molecule has 1 amide bonds. The lowest BCUT2D eigenvalue weighted by Crippen LogP contribution is -2.45. The Bertz CT molecular complexity index is 470. The van der Waals surface area contributed by atoms with Gasteiger partial charge in [0, 0.05) is 24.1 Å². The predicted molar refractivity (Wildman–Crippen MR) is 86.8 cm³/mol. The minimum Gasteiger partial charge on any atom is -0.387 e. The van der Waals surface area contributed by atoms with Crippen LogP contribution in [-0.4, -0.2) is 41.2 Å². The lowest BCUT2D eigenvalue weighted by atomic mass is 10.0. The van der Waals surface area contributed by atoms with Crippen molar-refractivity contribution in [3.63, 3.8) is 0 Å². The van der Waals surface area contributed by atoms with E-state index in [0.717, 1.165) is 43.5 Å². The van der Waals surface area contributed by atoms with Crippen LogP contribution in [0.2, 0.25) is 0 Å². The summed E-state index contributed by atoms with van der Waals surface area (Å²) >= 11 is 1.58. The number of nitrogens with zero attached hydrogens (tertiary/aromatic N) is 1. The molecule has 1 aromatic heterocycles. The summed E-state index contributed by atoms with van der Waals surface area (Å²) in [4.78, 5) is 15.7. The molecule has 1 aromatic rings. The summed E-state index contributed by atoms with van der Waals surface area (Å²) in [5.74, 6) is 0.141. The Hall–Kier alpha value is -0.910. The van der Waals surface area contributed by atoms with Crippen LogP contribution >= 0.6 is 11.3 Å². The fourth-order valence-electron chi connectivity index (χ4n) is 3.52. The molecule has 4 nitrogen and oxygen atoms in total. The summed E-state index contributed by atoms with van der Waals surface area (Å²) in [6, 6.07) is 4.07. The standard InChI is InChI=1S/C17H25NO3S/c19-14(16-8-5-11-22-16)12-13-6-2-1-3-9-18(13)17(20)15-7-4-10-21-15/h5,8,11,13-15,19H,1-4,6-7,9-10,12H2/t13-,14+,15-/m0/s1. The molecule has 22 heavy (non-hydrogen) atoms. The highest BCUT2D eigenvalue weighted by Gasteiger charge is 2.34. The lowest BCUT2D eigenvalue weighted by molar-refractivity contribution is -0.143. The van der Waals surface area contributed by atoms with Crippen molar-refractivity contribution in [2.75, 3.05) is 13.2 Å². The Morgan fingerprint density at radius 3 is 3.00 bits per heavy atom. The van der Waals surface area contributed by atoms with E-state index in [4.69, 9.17) is 4.74 Å². The molecule has 0 aromatic carbocycles. The average Bonchev–Trinajstić information content (AvgIpc) is 3.18. The maximum absolute atomic E-state index is 12.8. The van der Waals surface area contributed by atoms with Gasteiger partial charge in [0.2, 0.25) is 0 Å². The number of aliphatic hydroxyl groups excluding tert-OH is 1. The van der Waals surface area contributed by atoms with Crippen molar-refractivity contribution in [3.05, 3.63) is 22.4 Å². The van der Waals surface area contributed by atoms with Gasteiger partial charge in [-0.3, -0.25) is 4.79 Å². The van der Waals surface area contributed by atoms with Crippen LogP contribution in [0.3, 0.4) is 0 Å². The number of ether oxygens (including phenoxy) is 1. The van der Waals surface area contributed by atoms with E-state index >= 15 is 0 Å². The number of rotatable bonds is 4. The van der Waals surface area contributed by atoms with Gasteiger partial charge in [0.25, 0.3) is 5.91 Å². The molecular formula is C17H25NO3S. The number of carbonyl (C=O) groups is 1. The zero-order chi connectivity index (χ0) is 15.4. The highest BCUT2D eigenvalue weighted by atomic mass is 32.1. The number of hydrogen-bond donors (Lipinski definition) is 1. The van der Waals surface area contributed by atoms with Crippen molar-refractivity contribution in [1.29, 1.82) is 0 Å². The van der Waals surface area contributed by atoms with Crippen LogP contribution in [0.15, 0.2) is 17.5 Å². The minimum atomic E-state index is -0.470. The van der Waals surface area contributed by atoms with E-state index in [9.17, 15) is 9.90 Å². The number of thiophene rings is 1. The predicted octanol–water partition coefficient (Wildman–Crippen LogP) is 3.12. The first-order valence-corrected chi connectivity index (χ1v) is 9.27. The summed E-state index contributed by atoms with van der Waals surface area (Å²) in [5.41, 5.74) is 0. The Balaban J connectivity index is 1.68. The smallest absolute Gasteiger partial charge is 0.251 e. The van der Waals surface area contributed by atoms with Gasteiger partial charge in [-0.1, -0.05) is 18.9 Å². The third kappa shape index (κ3) is 3.70. The quantitative estimate of drug-likeness (QED) is 0.926. The van der Waals surface area contributed by atoms with Crippen LogP contribution in [0, 0.1) is 0 Å². The number of amides is 1. The Kier molecular flexibility index (Phi) is 5.50. The first-order valence-electron chi connectivity index (χ1n) is 8.39. The molecule has 0 unspecified atom stereocenters. The Morgan fingerprint density at radius 1 is 1.36 bits per heavy atom. The van der Waals surface area contributed by atoms with Crippen LogP contribution in [0.5, 0.6) is 0 Å². The fraction of sp³-hybridized carbons (Fsp3) is 0.706. The van der Waals surface area contributed by atoms with Crippen LogP contribution in [0.1, 0.15) is 55.9 Å². The molecule has 2 aliphatic heterocycles. The summed E-state index contributed by atoms with van der Waals surface area (Å²) in [5, 5.41) is 12.4. The summed E-state index contributed by atoms with van der Waals surface area (Å²) in [7, 11) is 0. The molecule has 0 radical (unpaired) electrons. The molecule has 2 aliphatic rings. The minimum absolute atomic E-state index is 0.135. The van der Waals surface area contributed by atoms with E-state index in [-0.39, 0.29) is 18.1 Å². The van der Waals surface area contributed by atoms with Gasteiger partial charge in [-0.2, -0.15) is 0 Å². The van der Waals surface area contributed by atoms with Gasteiger partial charge in [-0.15, -0.1) is 11.3 Å². The Labute approximate surface area is 136 Å². The topological polar surface area (TPSA) is 49.8 Å². The van der Waals surface area contributed by atoms with Gasteiger partial charge in [0.05, 0.1) is 6.10 Å². The van der Waals surface area contributed by atoms with Gasteiger partial charge in [-0.05, 0) is 43.6 Å². The van der Waals surface area contributed by atoms with Crippen LogP contribution in [0.25, 0.3) is 0 Å². The summed E-state index contributed by atoms with van der Waals surface area (Å²) in [6.45, 7) is 1.51. The number of aliphatic hydroxyl groups is 1. The van der Waals surface area contributed by atoms with Crippen molar-refractivity contribution in [2.24, 2.45) is 0 Å². The average molecular weight is 323 g/mol. The summed E-state index contributed by atoms with van der Waals surface area (Å²) < 4.78 is 5.58.